The standard InChI is InChI=1S/C14H23N3O/c1-4-18-13-9-11(3)15-14(17-13)16-12-7-5-10(2)6-8-12/h9-10,12H,4-8H2,1-3H3,(H,15,16,17). The summed E-state index contributed by atoms with van der Waals surface area (Å²) in [6, 6.07) is 2.38. The van der Waals surface area contributed by atoms with Gasteiger partial charge in [0.25, 0.3) is 0 Å². The van der Waals surface area contributed by atoms with Crippen molar-refractivity contribution >= 4 is 5.95 Å². The lowest BCUT2D eigenvalue weighted by molar-refractivity contribution is 0.325. The molecule has 18 heavy (non-hydrogen) atoms. The van der Waals surface area contributed by atoms with Crippen LogP contribution >= 0.6 is 0 Å². The van der Waals surface area contributed by atoms with Crippen molar-refractivity contribution in [1.82, 2.24) is 9.97 Å². The highest BCUT2D eigenvalue weighted by molar-refractivity contribution is 5.31. The monoisotopic (exact) mass is 249 g/mol. The van der Waals surface area contributed by atoms with Gasteiger partial charge in [-0.05, 0) is 45.4 Å². The molecule has 0 aliphatic heterocycles. The van der Waals surface area contributed by atoms with E-state index in [1.165, 1.54) is 25.7 Å². The van der Waals surface area contributed by atoms with Crippen LogP contribution in [0.4, 0.5) is 5.95 Å². The van der Waals surface area contributed by atoms with Gasteiger partial charge in [0.1, 0.15) is 0 Å². The van der Waals surface area contributed by atoms with Gasteiger partial charge < -0.3 is 10.1 Å². The molecule has 0 aromatic carbocycles. The third-order valence-electron chi connectivity index (χ3n) is 3.47. The molecule has 1 heterocycles. The lowest BCUT2D eigenvalue weighted by atomic mass is 9.87. The van der Waals surface area contributed by atoms with E-state index in [1.54, 1.807) is 0 Å². The van der Waals surface area contributed by atoms with E-state index in [0.29, 0.717) is 24.5 Å². The Morgan fingerprint density at radius 2 is 2.00 bits per heavy atom. The van der Waals surface area contributed by atoms with Crippen LogP contribution in [-0.2, 0) is 0 Å². The van der Waals surface area contributed by atoms with Crippen molar-refractivity contribution in [3.8, 4) is 5.88 Å². The second-order valence-corrected chi connectivity index (χ2v) is 5.21. The minimum atomic E-state index is 0.512. The van der Waals surface area contributed by atoms with Gasteiger partial charge in [-0.25, -0.2) is 4.98 Å². The van der Waals surface area contributed by atoms with Crippen LogP contribution in [0.2, 0.25) is 0 Å². The van der Waals surface area contributed by atoms with Gasteiger partial charge in [0.2, 0.25) is 11.8 Å². The molecule has 0 radical (unpaired) electrons. The fourth-order valence-electron chi connectivity index (χ4n) is 2.41. The SMILES string of the molecule is CCOc1cc(C)nc(NC2CCC(C)CC2)n1. The summed E-state index contributed by atoms with van der Waals surface area (Å²) in [5.74, 6) is 2.23. The number of aryl methyl sites for hydroxylation is 1. The van der Waals surface area contributed by atoms with Gasteiger partial charge in [0.15, 0.2) is 0 Å². The van der Waals surface area contributed by atoms with Gasteiger partial charge in [-0.3, -0.25) is 0 Å². The minimum absolute atomic E-state index is 0.512. The lowest BCUT2D eigenvalue weighted by Gasteiger charge is -2.27. The first-order valence-corrected chi connectivity index (χ1v) is 6.92. The molecule has 1 aromatic heterocycles. The van der Waals surface area contributed by atoms with Crippen molar-refractivity contribution in [2.24, 2.45) is 5.92 Å². The molecule has 100 valence electrons. The fourth-order valence-corrected chi connectivity index (χ4v) is 2.41. The highest BCUT2D eigenvalue weighted by Gasteiger charge is 2.18. The number of aromatic nitrogens is 2. The Morgan fingerprint density at radius 3 is 2.67 bits per heavy atom. The highest BCUT2D eigenvalue weighted by atomic mass is 16.5. The van der Waals surface area contributed by atoms with Crippen LogP contribution in [0.15, 0.2) is 6.07 Å². The van der Waals surface area contributed by atoms with Crippen LogP contribution in [-0.4, -0.2) is 22.6 Å². The van der Waals surface area contributed by atoms with Crippen LogP contribution in [0, 0.1) is 12.8 Å². The van der Waals surface area contributed by atoms with Crippen LogP contribution in [0.3, 0.4) is 0 Å². The molecule has 1 N–H and O–H groups in total. The fraction of sp³-hybridized carbons (Fsp3) is 0.714. The number of anilines is 1. The zero-order valence-corrected chi connectivity index (χ0v) is 11.6. The van der Waals surface area contributed by atoms with E-state index in [2.05, 4.69) is 22.2 Å². The maximum atomic E-state index is 5.44. The highest BCUT2D eigenvalue weighted by Crippen LogP contribution is 2.25. The first-order chi connectivity index (χ1) is 8.67. The second-order valence-electron chi connectivity index (χ2n) is 5.21. The molecule has 0 saturated heterocycles. The molecule has 1 aromatic rings. The summed E-state index contributed by atoms with van der Waals surface area (Å²) in [4.78, 5) is 8.82. The normalized spacial score (nSPS) is 23.7. The molecule has 1 saturated carbocycles. The number of nitrogens with one attached hydrogen (secondary N) is 1. The van der Waals surface area contributed by atoms with Crippen molar-refractivity contribution in [3.63, 3.8) is 0 Å². The quantitative estimate of drug-likeness (QED) is 0.890. The molecule has 0 unspecified atom stereocenters. The van der Waals surface area contributed by atoms with Gasteiger partial charge in [0, 0.05) is 17.8 Å². The molecule has 4 nitrogen and oxygen atoms in total. The molecule has 4 heteroatoms. The van der Waals surface area contributed by atoms with Gasteiger partial charge >= 0.3 is 0 Å². The maximum Gasteiger partial charge on any atom is 0.226 e. The number of rotatable bonds is 4. The predicted molar refractivity (Wildman–Crippen MR) is 73.0 cm³/mol. The molecule has 1 aliphatic carbocycles. The summed E-state index contributed by atoms with van der Waals surface area (Å²) in [6.45, 7) is 6.90. The summed E-state index contributed by atoms with van der Waals surface area (Å²) in [5.41, 5.74) is 0.945. The minimum Gasteiger partial charge on any atom is -0.478 e. The van der Waals surface area contributed by atoms with E-state index < -0.39 is 0 Å². The van der Waals surface area contributed by atoms with Gasteiger partial charge in [0.05, 0.1) is 6.61 Å². The Hall–Kier alpha value is -1.32. The van der Waals surface area contributed by atoms with E-state index in [0.717, 1.165) is 11.6 Å². The van der Waals surface area contributed by atoms with Crippen molar-refractivity contribution < 1.29 is 4.74 Å². The van der Waals surface area contributed by atoms with Crippen LogP contribution in [0.1, 0.15) is 45.2 Å². The Balaban J connectivity index is 2.00. The van der Waals surface area contributed by atoms with E-state index in [1.807, 2.05) is 19.9 Å². The predicted octanol–water partition coefficient (Wildman–Crippen LogP) is 3.17. The molecule has 0 spiro atoms. The smallest absolute Gasteiger partial charge is 0.226 e. The molecular formula is C14H23N3O. The summed E-state index contributed by atoms with van der Waals surface area (Å²) in [7, 11) is 0. The van der Waals surface area contributed by atoms with E-state index in [4.69, 9.17) is 4.74 Å². The van der Waals surface area contributed by atoms with E-state index in [-0.39, 0.29) is 0 Å². The van der Waals surface area contributed by atoms with Crippen molar-refractivity contribution in [2.45, 2.75) is 52.5 Å². The van der Waals surface area contributed by atoms with Crippen molar-refractivity contribution in [2.75, 3.05) is 11.9 Å². The third kappa shape index (κ3) is 3.59. The molecule has 1 fully saturated rings. The summed E-state index contributed by atoms with van der Waals surface area (Å²) < 4.78 is 5.44. The Labute approximate surface area is 109 Å². The molecular weight excluding hydrogens is 226 g/mol. The lowest BCUT2D eigenvalue weighted by Crippen LogP contribution is -2.26. The number of nitrogens with zero attached hydrogens (tertiary/aromatic N) is 2. The average molecular weight is 249 g/mol. The van der Waals surface area contributed by atoms with Crippen LogP contribution in [0.5, 0.6) is 5.88 Å². The third-order valence-corrected chi connectivity index (χ3v) is 3.47. The zero-order chi connectivity index (χ0) is 13.0. The number of ether oxygens (including phenoxy) is 1. The Morgan fingerprint density at radius 1 is 1.28 bits per heavy atom. The summed E-state index contributed by atoms with van der Waals surface area (Å²) >= 11 is 0. The van der Waals surface area contributed by atoms with E-state index >= 15 is 0 Å². The van der Waals surface area contributed by atoms with Crippen molar-refractivity contribution in [3.05, 3.63) is 11.8 Å². The van der Waals surface area contributed by atoms with Crippen LogP contribution in [0.25, 0.3) is 0 Å². The average Bonchev–Trinajstić information content (AvgIpc) is 2.32. The Bertz CT molecular complexity index is 387. The van der Waals surface area contributed by atoms with Crippen LogP contribution < -0.4 is 10.1 Å². The Kier molecular flexibility index (Phi) is 4.39. The zero-order valence-electron chi connectivity index (χ0n) is 11.6. The molecule has 0 atom stereocenters. The molecule has 2 rings (SSSR count). The number of hydrogen-bond donors (Lipinski definition) is 1. The first-order valence-electron chi connectivity index (χ1n) is 6.92. The van der Waals surface area contributed by atoms with Gasteiger partial charge in [-0.1, -0.05) is 6.92 Å². The maximum absolute atomic E-state index is 5.44. The summed E-state index contributed by atoms with van der Waals surface area (Å²) in [6.07, 6.45) is 5.01. The van der Waals surface area contributed by atoms with Gasteiger partial charge in [-0.2, -0.15) is 4.98 Å². The first kappa shape index (κ1) is 13.1. The molecule has 0 bridgehead atoms. The van der Waals surface area contributed by atoms with Gasteiger partial charge in [-0.15, -0.1) is 0 Å². The summed E-state index contributed by atoms with van der Waals surface area (Å²) in [5, 5.41) is 3.44. The van der Waals surface area contributed by atoms with Crippen molar-refractivity contribution in [1.29, 1.82) is 0 Å². The topological polar surface area (TPSA) is 47.0 Å². The number of hydrogen-bond acceptors (Lipinski definition) is 4. The largest absolute Gasteiger partial charge is 0.478 e. The van der Waals surface area contributed by atoms with E-state index in [9.17, 15) is 0 Å². The molecule has 0 amide bonds. The second kappa shape index (κ2) is 6.03. The molecule has 1 aliphatic rings.